The van der Waals surface area contributed by atoms with Gasteiger partial charge in [0.25, 0.3) is 0 Å². The normalized spacial score (nSPS) is 17.2. The molecule has 5 rings (SSSR count). The second-order valence-corrected chi connectivity index (χ2v) is 12.2. The van der Waals surface area contributed by atoms with Gasteiger partial charge in [-0.1, -0.05) is 60.7 Å². The standard InChI is InChI=1S/C28H30O2P2/c1-18-16-17-29-31-25(23-12-8-6-9-13-23)19(2)21(4)27(31)28-22(5)20(3)26(32(28)30-18)24-14-10-7-11-15-24/h6-15,18H,16-17H2,1-5H3/t18-,31?,32?/m0/s1. The second-order valence-electron chi connectivity index (χ2n) is 8.75. The average Bonchev–Trinajstić information content (AvgIpc) is 3.20. The van der Waals surface area contributed by atoms with E-state index in [1.807, 2.05) is 0 Å². The highest BCUT2D eigenvalue weighted by atomic mass is 31.1. The lowest BCUT2D eigenvalue weighted by atomic mass is 10.0. The zero-order chi connectivity index (χ0) is 22.4. The fourth-order valence-corrected chi connectivity index (χ4v) is 10.3. The van der Waals surface area contributed by atoms with Crippen molar-refractivity contribution in [2.24, 2.45) is 0 Å². The number of fused-ring (bicyclic) bond motifs is 3. The van der Waals surface area contributed by atoms with E-state index in [-0.39, 0.29) is 6.10 Å². The summed E-state index contributed by atoms with van der Waals surface area (Å²) in [5.74, 6) is 0. The van der Waals surface area contributed by atoms with E-state index in [0.29, 0.717) is 0 Å². The van der Waals surface area contributed by atoms with Crippen molar-refractivity contribution in [3.8, 4) is 32.3 Å². The summed E-state index contributed by atoms with van der Waals surface area (Å²) in [5, 5.41) is 5.56. The Hall–Kier alpha value is -2.08. The van der Waals surface area contributed by atoms with Gasteiger partial charge in [0.2, 0.25) is 0 Å². The van der Waals surface area contributed by atoms with Crippen LogP contribution in [0.1, 0.15) is 35.6 Å². The summed E-state index contributed by atoms with van der Waals surface area (Å²) in [5.41, 5.74) is 8.05. The van der Waals surface area contributed by atoms with E-state index in [0.717, 1.165) is 13.0 Å². The molecule has 0 saturated heterocycles. The summed E-state index contributed by atoms with van der Waals surface area (Å²) in [4.78, 5) is 0. The van der Waals surface area contributed by atoms with Crippen LogP contribution in [0.25, 0.3) is 32.3 Å². The first-order chi connectivity index (χ1) is 15.5. The zero-order valence-electron chi connectivity index (χ0n) is 19.5. The van der Waals surface area contributed by atoms with Crippen LogP contribution in [0.5, 0.6) is 0 Å². The van der Waals surface area contributed by atoms with Crippen LogP contribution in [0.15, 0.2) is 60.7 Å². The van der Waals surface area contributed by atoms with Crippen molar-refractivity contribution >= 4 is 15.5 Å². The van der Waals surface area contributed by atoms with Crippen LogP contribution in [0.3, 0.4) is 0 Å². The molecule has 3 atom stereocenters. The minimum Gasteiger partial charge on any atom is -0.331 e. The predicted molar refractivity (Wildman–Crippen MR) is 139 cm³/mol. The lowest BCUT2D eigenvalue weighted by molar-refractivity contribution is 0.261. The molecule has 2 unspecified atom stereocenters. The van der Waals surface area contributed by atoms with Gasteiger partial charge in [0, 0.05) is 36.7 Å². The number of benzene rings is 2. The third kappa shape index (κ3) is 3.51. The SMILES string of the molecule is Cc1c(C)c2p(c1-c1ccccc1)OCC[C@H](C)Op1c(-c3ccccc3)c(C)c(C)c1-2. The molecular formula is C28H30O2P2. The molecule has 0 saturated carbocycles. The van der Waals surface area contributed by atoms with E-state index in [1.54, 1.807) is 0 Å². The number of rotatable bonds is 2. The van der Waals surface area contributed by atoms with Gasteiger partial charge in [0.05, 0.1) is 12.7 Å². The maximum atomic E-state index is 6.86. The topological polar surface area (TPSA) is 18.5 Å². The molecular weight excluding hydrogens is 430 g/mol. The summed E-state index contributed by atoms with van der Waals surface area (Å²) >= 11 is 0. The van der Waals surface area contributed by atoms with Gasteiger partial charge in [-0.2, -0.15) is 0 Å². The molecule has 2 nitrogen and oxygen atoms in total. The fourth-order valence-electron chi connectivity index (χ4n) is 4.73. The van der Waals surface area contributed by atoms with Crippen molar-refractivity contribution in [3.05, 3.63) is 82.9 Å². The van der Waals surface area contributed by atoms with E-state index in [2.05, 4.69) is 95.3 Å². The largest absolute Gasteiger partial charge is 0.331 e. The van der Waals surface area contributed by atoms with Gasteiger partial charge in [-0.3, -0.25) is 0 Å². The van der Waals surface area contributed by atoms with Gasteiger partial charge in [0.15, 0.2) is 0 Å². The summed E-state index contributed by atoms with van der Waals surface area (Å²) < 4.78 is 13.6. The Kier molecular flexibility index (Phi) is 5.91. The van der Waals surface area contributed by atoms with Crippen LogP contribution in [0, 0.1) is 27.7 Å². The number of hydrogen-bond donors (Lipinski definition) is 0. The lowest BCUT2D eigenvalue weighted by Crippen LogP contribution is -2.13. The second kappa shape index (κ2) is 8.69. The van der Waals surface area contributed by atoms with Crippen LogP contribution >= 0.6 is 15.5 Å². The van der Waals surface area contributed by atoms with Crippen LogP contribution in [0.2, 0.25) is 0 Å². The van der Waals surface area contributed by atoms with Crippen molar-refractivity contribution < 1.29 is 9.05 Å². The summed E-state index contributed by atoms with van der Waals surface area (Å²) in [6.45, 7) is 12.0. The average molecular weight is 460 g/mol. The maximum absolute atomic E-state index is 6.86. The molecule has 1 aliphatic rings. The molecule has 1 aliphatic heterocycles. The third-order valence-electron chi connectivity index (χ3n) is 6.71. The highest BCUT2D eigenvalue weighted by Gasteiger charge is 2.31. The molecule has 0 fully saturated rings. The van der Waals surface area contributed by atoms with Gasteiger partial charge in [-0.25, -0.2) is 0 Å². The van der Waals surface area contributed by atoms with Crippen molar-refractivity contribution in [3.63, 3.8) is 0 Å². The molecule has 2 aromatic carbocycles. The van der Waals surface area contributed by atoms with Crippen molar-refractivity contribution in [2.75, 3.05) is 6.61 Å². The van der Waals surface area contributed by atoms with Crippen molar-refractivity contribution in [2.45, 2.75) is 47.1 Å². The lowest BCUT2D eigenvalue weighted by Gasteiger charge is -2.15. The van der Waals surface area contributed by atoms with Crippen LogP contribution in [-0.4, -0.2) is 12.7 Å². The van der Waals surface area contributed by atoms with Crippen molar-refractivity contribution in [1.29, 1.82) is 0 Å². The van der Waals surface area contributed by atoms with Gasteiger partial charge < -0.3 is 9.05 Å². The first-order valence-electron chi connectivity index (χ1n) is 11.3. The van der Waals surface area contributed by atoms with Crippen LogP contribution in [-0.2, 0) is 0 Å². The third-order valence-corrected chi connectivity index (χ3v) is 11.8. The Labute approximate surface area is 193 Å². The summed E-state index contributed by atoms with van der Waals surface area (Å²) in [6, 6.07) is 21.6. The quantitative estimate of drug-likeness (QED) is 0.298. The van der Waals surface area contributed by atoms with Gasteiger partial charge in [0.1, 0.15) is 0 Å². The molecule has 0 aliphatic carbocycles. The molecule has 164 valence electrons. The molecule has 0 bridgehead atoms. The molecule has 0 N–H and O–H groups in total. The maximum Gasteiger partial charge on any atom is 0.0673 e. The first kappa shape index (κ1) is 21.7. The smallest absolute Gasteiger partial charge is 0.0673 e. The minimum absolute atomic E-state index is 0.162. The minimum atomic E-state index is -0.893. The number of hydrogen-bond acceptors (Lipinski definition) is 2. The molecule has 32 heavy (non-hydrogen) atoms. The highest BCUT2D eigenvalue weighted by Crippen LogP contribution is 2.63. The molecule has 2 aromatic heterocycles. The Morgan fingerprint density at radius 2 is 1.06 bits per heavy atom. The highest BCUT2D eigenvalue weighted by molar-refractivity contribution is 7.57. The molecule has 3 heterocycles. The summed E-state index contributed by atoms with van der Waals surface area (Å²) in [6.07, 6.45) is 1.08. The predicted octanol–water partition coefficient (Wildman–Crippen LogP) is 8.54. The van der Waals surface area contributed by atoms with E-state index in [1.165, 1.54) is 54.6 Å². The van der Waals surface area contributed by atoms with Crippen LogP contribution < -0.4 is 9.05 Å². The Morgan fingerprint density at radius 1 is 0.625 bits per heavy atom. The Morgan fingerprint density at radius 3 is 1.59 bits per heavy atom. The fraction of sp³-hybridized carbons (Fsp3) is 0.286. The van der Waals surface area contributed by atoms with E-state index in [4.69, 9.17) is 9.05 Å². The van der Waals surface area contributed by atoms with Gasteiger partial charge in [-0.15, -0.1) is 0 Å². The van der Waals surface area contributed by atoms with Crippen molar-refractivity contribution in [1.82, 2.24) is 0 Å². The molecule has 4 heteroatoms. The molecule has 4 aromatic rings. The van der Waals surface area contributed by atoms with E-state index in [9.17, 15) is 0 Å². The zero-order valence-corrected chi connectivity index (χ0v) is 21.3. The Balaban J connectivity index is 1.86. The Bertz CT molecular complexity index is 1270. The van der Waals surface area contributed by atoms with E-state index < -0.39 is 15.5 Å². The van der Waals surface area contributed by atoms with Gasteiger partial charge >= 0.3 is 0 Å². The molecule has 0 radical (unpaired) electrons. The van der Waals surface area contributed by atoms with Gasteiger partial charge in [-0.05, 0) is 74.4 Å². The van der Waals surface area contributed by atoms with E-state index >= 15 is 0 Å². The monoisotopic (exact) mass is 460 g/mol. The van der Waals surface area contributed by atoms with Crippen LogP contribution in [0.4, 0.5) is 0 Å². The summed E-state index contributed by atoms with van der Waals surface area (Å²) in [7, 11) is -1.76. The first-order valence-corrected chi connectivity index (χ1v) is 13.9. The molecule has 0 amide bonds. The molecule has 0 spiro atoms.